The number of hydrogen-bond acceptors (Lipinski definition) is 9. The summed E-state index contributed by atoms with van der Waals surface area (Å²) in [6.45, 7) is 20.0. The van der Waals surface area contributed by atoms with Crippen LogP contribution in [0.3, 0.4) is 0 Å². The second-order valence-electron chi connectivity index (χ2n) is 9.87. The Morgan fingerprint density at radius 1 is 0.789 bits per heavy atom. The Morgan fingerprint density at radius 2 is 1.23 bits per heavy atom. The van der Waals surface area contributed by atoms with Gasteiger partial charge in [0.2, 0.25) is 5.91 Å². The maximum absolute atomic E-state index is 11.5. The molecule has 0 spiro atoms. The Balaban J connectivity index is -0.0000000519. The number of aliphatic hydroxyl groups excluding tert-OH is 3. The van der Waals surface area contributed by atoms with E-state index in [2.05, 4.69) is 43.5 Å². The molecule has 3 aliphatic carbocycles. The molecule has 3 rings (SSSR count). The number of ether oxygens (including phenoxy) is 3. The smallest absolute Gasteiger partial charge is 0 e. The van der Waals surface area contributed by atoms with E-state index < -0.39 is 0 Å². The Morgan fingerprint density at radius 3 is 1.58 bits per heavy atom. The first kappa shape index (κ1) is 84.9. The number of rotatable bonds is 16. The van der Waals surface area contributed by atoms with Gasteiger partial charge in [0.1, 0.15) is 0 Å². The van der Waals surface area contributed by atoms with Gasteiger partial charge in [0.15, 0.2) is 0 Å². The van der Waals surface area contributed by atoms with E-state index in [1.807, 2.05) is 30.4 Å². The molecule has 1 fully saturated rings. The maximum Gasteiger partial charge on any atom is 0 e. The van der Waals surface area contributed by atoms with E-state index in [1.165, 1.54) is 38.5 Å². The monoisotopic (exact) mass is 1070 g/mol. The standard InChI is InChI=1S/C12H19NO3.C10H16NO2.C6H12.C4H11NO2.CH2Cl2.3CO.CH3.3Co.2Fe/c1-11(15)13(7-9-16-10-8-14)12-5-3-2-4-6-12;12-7-9-13-8-6-11-10-4-2-1-3-5-10;1-2-4-6-5-3-1;5-1-3-7-4-2-6;2-1-3;3*1-2;;;;;;/h2-5,12,14H,6-10H2,1H3;1-2,4,10-12H,5-9H2;1-6H2;6H,1-5H2;1H2;;;;1H3;;;;;/q;-1;;;;;;;-1;;;;;. The van der Waals surface area contributed by atoms with E-state index in [4.69, 9.17) is 72.4 Å². The van der Waals surface area contributed by atoms with Crippen molar-refractivity contribution in [1.29, 1.82) is 0 Å². The number of halogens is 2. The second kappa shape index (κ2) is 84.0. The largest absolute Gasteiger partial charge is 0.358 e. The van der Waals surface area contributed by atoms with Gasteiger partial charge in [0.05, 0.1) is 70.8 Å². The molecule has 2 atom stereocenters. The molecule has 1 amide bonds. The molecule has 0 bridgehead atoms. The first-order valence-electron chi connectivity index (χ1n) is 16.6. The summed E-state index contributed by atoms with van der Waals surface area (Å²) in [7, 11) is 0. The molecule has 345 valence electrons. The van der Waals surface area contributed by atoms with Gasteiger partial charge in [-0.3, -0.25) is 10.9 Å². The van der Waals surface area contributed by atoms with Crippen molar-refractivity contribution in [3.8, 4) is 0 Å². The predicted octanol–water partition coefficient (Wildman–Crippen LogP) is 4.04. The number of aliphatic hydroxyl groups is 3. The third kappa shape index (κ3) is 74.4. The fourth-order valence-electron chi connectivity index (χ4n) is 4.14. The van der Waals surface area contributed by atoms with Crippen LogP contribution < -0.4 is 11.1 Å². The van der Waals surface area contributed by atoms with Gasteiger partial charge in [-0.2, -0.15) is 6.08 Å². The Hall–Kier alpha value is 0.468. The first-order chi connectivity index (χ1) is 25.0. The quantitative estimate of drug-likeness (QED) is 0.0497. The number of amides is 1. The average Bonchev–Trinajstić information content (AvgIpc) is 3.20. The number of carbonyl (C=O) groups is 1. The van der Waals surface area contributed by atoms with E-state index in [0.717, 1.165) is 19.4 Å². The van der Waals surface area contributed by atoms with Crippen molar-refractivity contribution in [2.75, 3.05) is 84.4 Å². The molecule has 2 unspecified atom stereocenters. The van der Waals surface area contributed by atoms with Crippen LogP contribution in [-0.4, -0.2) is 123 Å². The van der Waals surface area contributed by atoms with Gasteiger partial charge >= 0.3 is 33.9 Å². The van der Waals surface area contributed by atoms with Crippen LogP contribution in [0.15, 0.2) is 42.5 Å². The number of nitrogens with zero attached hydrogens (tertiary/aromatic N) is 1. The van der Waals surface area contributed by atoms with Crippen molar-refractivity contribution < 1.29 is 133 Å². The van der Waals surface area contributed by atoms with Crippen molar-refractivity contribution in [3.05, 3.63) is 76.0 Å². The van der Waals surface area contributed by atoms with Crippen LogP contribution in [0.2, 0.25) is 0 Å². The fraction of sp³-hybridized carbons (Fsp3) is 0.649. The number of nitrogens with two attached hydrogens (primary N) is 1. The van der Waals surface area contributed by atoms with Crippen LogP contribution in [0.1, 0.15) is 58.3 Å². The van der Waals surface area contributed by atoms with Gasteiger partial charge in [-0.15, -0.1) is 23.2 Å². The molecule has 0 aromatic rings. The average molecular weight is 1070 g/mol. The van der Waals surface area contributed by atoms with Gasteiger partial charge in [0, 0.05) is 111 Å². The molecule has 13 nitrogen and oxygen atoms in total. The zero-order valence-corrected chi connectivity index (χ0v) is 39.6. The zero-order chi connectivity index (χ0) is 39.6. The Bertz CT molecular complexity index is 868. The van der Waals surface area contributed by atoms with E-state index in [0.29, 0.717) is 58.8 Å². The van der Waals surface area contributed by atoms with E-state index in [9.17, 15) is 4.79 Å². The molecular formula is C37H63Cl2Co3Fe2N3O10-2. The topological polar surface area (TPSA) is 206 Å². The van der Waals surface area contributed by atoms with Crippen LogP contribution in [0.4, 0.5) is 0 Å². The predicted molar refractivity (Wildman–Crippen MR) is 203 cm³/mol. The molecule has 0 aliphatic heterocycles. The molecule has 3 radical (unpaired) electrons. The SMILES string of the molecule is C1CCCCC1.CC(=O)N(CCOCCO)C1C=CC=CC1.ClCCl.NCCOCCO.OCCOCCNC1C=CC=[C-]C1.[C-]#[O+].[C-]#[O+].[C-]#[O+].[CH3-].[Co].[Co].[Co].[Fe].[Fe]. The minimum Gasteiger partial charge on any atom is -0.358 e. The van der Waals surface area contributed by atoms with Crippen LogP contribution >= 0.6 is 23.2 Å². The molecule has 57 heavy (non-hydrogen) atoms. The van der Waals surface area contributed by atoms with Crippen LogP contribution in [-0.2, 0) is 117 Å². The van der Waals surface area contributed by atoms with Gasteiger partial charge in [-0.1, -0.05) is 69.2 Å². The van der Waals surface area contributed by atoms with E-state index in [1.54, 1.807) is 11.8 Å². The summed E-state index contributed by atoms with van der Waals surface area (Å²) in [5, 5.41) is 28.6. The number of hydrogen-bond donors (Lipinski definition) is 5. The number of nitrogens with one attached hydrogen (secondary N) is 1. The molecule has 0 saturated heterocycles. The summed E-state index contributed by atoms with van der Waals surface area (Å²) >= 11 is 9.53. The molecule has 0 aromatic heterocycles. The van der Waals surface area contributed by atoms with Gasteiger partial charge in [-0.25, -0.2) is 12.2 Å². The van der Waals surface area contributed by atoms with Crippen LogP contribution in [0.25, 0.3) is 0 Å². The van der Waals surface area contributed by atoms with Crippen LogP contribution in [0.5, 0.6) is 0 Å². The molecular weight excluding hydrogens is 1010 g/mol. The summed E-state index contributed by atoms with van der Waals surface area (Å²) < 4.78 is 37.5. The van der Waals surface area contributed by atoms with Crippen LogP contribution in [0, 0.1) is 33.5 Å². The third-order valence-electron chi connectivity index (χ3n) is 6.26. The molecule has 0 heterocycles. The Kier molecular flexibility index (Phi) is 125. The summed E-state index contributed by atoms with van der Waals surface area (Å²) in [4.78, 5) is 13.3. The molecule has 3 aliphatic rings. The van der Waals surface area contributed by atoms with Crippen molar-refractivity contribution in [2.45, 2.75) is 70.4 Å². The summed E-state index contributed by atoms with van der Waals surface area (Å²) in [6, 6.07) is 0.531. The zero-order valence-electron chi connectivity index (χ0n) is 32.7. The van der Waals surface area contributed by atoms with E-state index in [-0.39, 0.29) is 129 Å². The summed E-state index contributed by atoms with van der Waals surface area (Å²) in [6.07, 6.45) is 28.0. The molecule has 0 aromatic carbocycles. The van der Waals surface area contributed by atoms with Crippen molar-refractivity contribution >= 4 is 29.1 Å². The molecule has 1 saturated carbocycles. The Labute approximate surface area is 405 Å². The van der Waals surface area contributed by atoms with Gasteiger partial charge in [0.25, 0.3) is 0 Å². The number of allylic oxidation sites excluding steroid dienone is 4. The van der Waals surface area contributed by atoms with Gasteiger partial charge in [-0.05, 0) is 12.5 Å². The summed E-state index contributed by atoms with van der Waals surface area (Å²) in [5.74, 6) is 0.0533. The second-order valence-corrected chi connectivity index (χ2v) is 10.7. The first-order valence-corrected chi connectivity index (χ1v) is 17.6. The fourth-order valence-corrected chi connectivity index (χ4v) is 4.14. The minimum atomic E-state index is 0. The van der Waals surface area contributed by atoms with Crippen molar-refractivity contribution in [3.63, 3.8) is 0 Å². The number of alkyl halides is 2. The third-order valence-corrected chi connectivity index (χ3v) is 6.26. The van der Waals surface area contributed by atoms with E-state index >= 15 is 0 Å². The number of carbonyl (C=O) groups excluding carboxylic acids is 1. The normalized spacial score (nSPS) is 14.1. The summed E-state index contributed by atoms with van der Waals surface area (Å²) in [5.41, 5.74) is 5.06. The van der Waals surface area contributed by atoms with Crippen molar-refractivity contribution in [2.24, 2.45) is 5.73 Å². The van der Waals surface area contributed by atoms with Crippen molar-refractivity contribution in [1.82, 2.24) is 10.2 Å². The maximum atomic E-state index is 11.5. The van der Waals surface area contributed by atoms with Gasteiger partial charge < -0.3 is 52.9 Å². The molecule has 6 N–H and O–H groups in total. The molecule has 20 heteroatoms. The minimum absolute atomic E-state index is 0.